The summed E-state index contributed by atoms with van der Waals surface area (Å²) in [5, 5.41) is 2.88. The number of carbonyl (C=O) groups excluding carboxylic acids is 2. The molecule has 30 heavy (non-hydrogen) atoms. The number of hydrogen-bond acceptors (Lipinski definition) is 4. The average molecular weight is 415 g/mol. The summed E-state index contributed by atoms with van der Waals surface area (Å²) in [5.74, 6) is 0.0978. The van der Waals surface area contributed by atoms with Crippen LogP contribution in [0.3, 0.4) is 0 Å². The maximum Gasteiger partial charge on any atom is 0.407 e. The molecule has 0 saturated carbocycles. The number of nitrogens with zero attached hydrogens (tertiary/aromatic N) is 1. The lowest BCUT2D eigenvalue weighted by atomic mass is 9.87. The standard InChI is InChI=1S/C24H34N2O4/c1-15(2)21-18-10-8-7-9-17(18)11-12-26(21)22(27)20-13-16(3)19(14-29-20)25-23(28)30-24(4,5)6/h7-10,16,19-21H,1,11-14H2,2-6H3,(H,25,28)/t16?,19-,20+,21-/m0/s1. The van der Waals surface area contributed by atoms with Gasteiger partial charge in [0, 0.05) is 6.54 Å². The summed E-state index contributed by atoms with van der Waals surface area (Å²) in [6.45, 7) is 14.6. The second-order valence-electron chi connectivity index (χ2n) is 9.52. The SMILES string of the molecule is C=C(C)[C@H]1c2ccccc2CCN1C(=O)[C@H]1CC(C)[C@@H](NC(=O)OC(C)(C)C)CO1. The molecule has 1 aromatic carbocycles. The second kappa shape index (κ2) is 8.80. The molecule has 0 aliphatic carbocycles. The van der Waals surface area contributed by atoms with E-state index in [-0.39, 0.29) is 23.9 Å². The van der Waals surface area contributed by atoms with Crippen LogP contribution in [-0.4, -0.2) is 47.8 Å². The number of nitrogens with one attached hydrogen (secondary N) is 1. The lowest BCUT2D eigenvalue weighted by Gasteiger charge is -2.42. The number of fused-ring (bicyclic) bond motifs is 1. The molecule has 2 heterocycles. The van der Waals surface area contributed by atoms with Crippen LogP contribution in [0.5, 0.6) is 0 Å². The predicted molar refractivity (Wildman–Crippen MR) is 116 cm³/mol. The van der Waals surface area contributed by atoms with Crippen molar-refractivity contribution < 1.29 is 19.1 Å². The van der Waals surface area contributed by atoms with Crippen LogP contribution in [0.15, 0.2) is 36.4 Å². The summed E-state index contributed by atoms with van der Waals surface area (Å²) in [6.07, 6.45) is 0.420. The maximum atomic E-state index is 13.4. The Kier molecular flexibility index (Phi) is 6.56. The van der Waals surface area contributed by atoms with E-state index in [0.717, 1.165) is 17.6 Å². The van der Waals surface area contributed by atoms with E-state index in [2.05, 4.69) is 24.0 Å². The molecule has 1 aromatic rings. The normalized spacial score (nSPS) is 26.5. The number of hydrogen-bond donors (Lipinski definition) is 1. The third-order valence-electron chi connectivity index (χ3n) is 5.76. The molecule has 1 N–H and O–H groups in total. The van der Waals surface area contributed by atoms with Crippen LogP contribution < -0.4 is 5.32 Å². The van der Waals surface area contributed by atoms with Gasteiger partial charge in [0.1, 0.15) is 11.7 Å². The van der Waals surface area contributed by atoms with Crippen molar-refractivity contribution in [3.63, 3.8) is 0 Å². The largest absolute Gasteiger partial charge is 0.444 e. The lowest BCUT2D eigenvalue weighted by Crippen LogP contribution is -2.53. The zero-order chi connectivity index (χ0) is 22.1. The minimum Gasteiger partial charge on any atom is -0.444 e. The third kappa shape index (κ3) is 5.04. The van der Waals surface area contributed by atoms with Crippen LogP contribution in [-0.2, 0) is 20.7 Å². The van der Waals surface area contributed by atoms with Crippen LogP contribution in [0.25, 0.3) is 0 Å². The van der Waals surface area contributed by atoms with Crippen molar-refractivity contribution in [3.8, 4) is 0 Å². The van der Waals surface area contributed by atoms with Gasteiger partial charge in [-0.05, 0) is 57.6 Å². The second-order valence-corrected chi connectivity index (χ2v) is 9.52. The van der Waals surface area contributed by atoms with Gasteiger partial charge < -0.3 is 19.7 Å². The summed E-state index contributed by atoms with van der Waals surface area (Å²) < 4.78 is 11.3. The first-order valence-electron chi connectivity index (χ1n) is 10.7. The van der Waals surface area contributed by atoms with E-state index in [1.54, 1.807) is 0 Å². The van der Waals surface area contributed by atoms with E-state index < -0.39 is 17.8 Å². The van der Waals surface area contributed by atoms with Gasteiger partial charge in [-0.15, -0.1) is 0 Å². The molecule has 0 radical (unpaired) electrons. The highest BCUT2D eigenvalue weighted by Crippen LogP contribution is 2.36. The molecule has 6 nitrogen and oxygen atoms in total. The zero-order valence-corrected chi connectivity index (χ0v) is 18.7. The Morgan fingerprint density at radius 1 is 1.27 bits per heavy atom. The molecule has 0 spiro atoms. The quantitative estimate of drug-likeness (QED) is 0.759. The summed E-state index contributed by atoms with van der Waals surface area (Å²) in [4.78, 5) is 27.4. The number of rotatable bonds is 3. The fraction of sp³-hybridized carbons (Fsp3) is 0.583. The molecule has 0 bridgehead atoms. The molecule has 2 aliphatic rings. The molecule has 1 unspecified atom stereocenters. The van der Waals surface area contributed by atoms with Crippen molar-refractivity contribution in [3.05, 3.63) is 47.5 Å². The Morgan fingerprint density at radius 2 is 1.97 bits per heavy atom. The molecule has 1 saturated heterocycles. The minimum absolute atomic E-state index is 0.0000658. The van der Waals surface area contributed by atoms with Crippen molar-refractivity contribution in [2.75, 3.05) is 13.2 Å². The Labute approximate surface area is 179 Å². The molecule has 3 rings (SSSR count). The maximum absolute atomic E-state index is 13.4. The fourth-order valence-electron chi connectivity index (χ4n) is 4.29. The molecular weight excluding hydrogens is 380 g/mol. The first-order chi connectivity index (χ1) is 14.1. The molecule has 4 atom stereocenters. The first-order valence-corrected chi connectivity index (χ1v) is 10.7. The van der Waals surface area contributed by atoms with E-state index >= 15 is 0 Å². The van der Waals surface area contributed by atoms with Gasteiger partial charge in [-0.25, -0.2) is 4.79 Å². The number of ether oxygens (including phenoxy) is 2. The van der Waals surface area contributed by atoms with E-state index in [0.29, 0.717) is 19.6 Å². The molecule has 2 amide bonds. The summed E-state index contributed by atoms with van der Waals surface area (Å²) in [7, 11) is 0. The predicted octanol–water partition coefficient (Wildman–Crippen LogP) is 4.01. The van der Waals surface area contributed by atoms with Gasteiger partial charge in [0.15, 0.2) is 0 Å². The monoisotopic (exact) mass is 414 g/mol. The van der Waals surface area contributed by atoms with Gasteiger partial charge in [0.25, 0.3) is 5.91 Å². The Morgan fingerprint density at radius 3 is 2.60 bits per heavy atom. The van der Waals surface area contributed by atoms with Crippen LogP contribution in [0.1, 0.15) is 58.2 Å². The van der Waals surface area contributed by atoms with Crippen LogP contribution in [0.2, 0.25) is 0 Å². The average Bonchev–Trinajstić information content (AvgIpc) is 2.66. The number of amides is 2. The lowest BCUT2D eigenvalue weighted by molar-refractivity contribution is -0.151. The van der Waals surface area contributed by atoms with Crippen LogP contribution in [0, 0.1) is 5.92 Å². The highest BCUT2D eigenvalue weighted by molar-refractivity contribution is 5.82. The summed E-state index contributed by atoms with van der Waals surface area (Å²) in [6, 6.07) is 7.95. The topological polar surface area (TPSA) is 67.9 Å². The third-order valence-corrected chi connectivity index (χ3v) is 5.76. The fourth-order valence-corrected chi connectivity index (χ4v) is 4.29. The molecule has 2 aliphatic heterocycles. The van der Waals surface area contributed by atoms with E-state index in [1.807, 2.05) is 51.7 Å². The molecule has 6 heteroatoms. The molecular formula is C24H34N2O4. The number of carbonyl (C=O) groups is 2. The Balaban J connectivity index is 1.66. The Hall–Kier alpha value is -2.34. The van der Waals surface area contributed by atoms with Gasteiger partial charge in [-0.3, -0.25) is 4.79 Å². The van der Waals surface area contributed by atoms with Gasteiger partial charge in [-0.2, -0.15) is 0 Å². The van der Waals surface area contributed by atoms with Gasteiger partial charge in [-0.1, -0.05) is 43.3 Å². The van der Waals surface area contributed by atoms with Crippen molar-refractivity contribution in [1.82, 2.24) is 10.2 Å². The van der Waals surface area contributed by atoms with E-state index in [9.17, 15) is 9.59 Å². The molecule has 1 fully saturated rings. The summed E-state index contributed by atoms with van der Waals surface area (Å²) >= 11 is 0. The van der Waals surface area contributed by atoms with Crippen LogP contribution in [0.4, 0.5) is 4.79 Å². The van der Waals surface area contributed by atoms with Crippen molar-refractivity contribution in [2.24, 2.45) is 5.92 Å². The summed E-state index contributed by atoms with van der Waals surface area (Å²) in [5.41, 5.74) is 2.82. The highest BCUT2D eigenvalue weighted by atomic mass is 16.6. The van der Waals surface area contributed by atoms with E-state index in [4.69, 9.17) is 9.47 Å². The van der Waals surface area contributed by atoms with E-state index in [1.165, 1.54) is 5.56 Å². The molecule has 0 aromatic heterocycles. The van der Waals surface area contributed by atoms with Gasteiger partial charge >= 0.3 is 6.09 Å². The number of benzene rings is 1. The van der Waals surface area contributed by atoms with Crippen LogP contribution >= 0.6 is 0 Å². The highest BCUT2D eigenvalue weighted by Gasteiger charge is 2.39. The van der Waals surface area contributed by atoms with Crippen molar-refractivity contribution in [2.45, 2.75) is 71.2 Å². The number of alkyl carbamates (subject to hydrolysis) is 1. The van der Waals surface area contributed by atoms with Gasteiger partial charge in [0.05, 0.1) is 18.7 Å². The van der Waals surface area contributed by atoms with Crippen molar-refractivity contribution >= 4 is 12.0 Å². The molecule has 164 valence electrons. The Bertz CT molecular complexity index is 814. The zero-order valence-electron chi connectivity index (χ0n) is 18.7. The van der Waals surface area contributed by atoms with Gasteiger partial charge in [0.2, 0.25) is 0 Å². The minimum atomic E-state index is -0.552. The first kappa shape index (κ1) is 22.3. The smallest absolute Gasteiger partial charge is 0.407 e. The van der Waals surface area contributed by atoms with Crippen molar-refractivity contribution in [1.29, 1.82) is 0 Å².